The van der Waals surface area contributed by atoms with Crippen LogP contribution < -0.4 is 10.1 Å². The Morgan fingerprint density at radius 2 is 1.96 bits per heavy atom. The van der Waals surface area contributed by atoms with Crippen LogP contribution in [-0.4, -0.2) is 49.7 Å². The molecule has 0 bridgehead atoms. The van der Waals surface area contributed by atoms with Crippen molar-refractivity contribution in [2.45, 2.75) is 0 Å². The van der Waals surface area contributed by atoms with Gasteiger partial charge in [0, 0.05) is 13.2 Å². The van der Waals surface area contributed by atoms with E-state index >= 15 is 0 Å². The number of fused-ring (bicyclic) bond motifs is 1. The molecule has 1 aromatic carbocycles. The lowest BCUT2D eigenvalue weighted by Crippen LogP contribution is -2.06. The minimum atomic E-state index is -0.422. The van der Waals surface area contributed by atoms with Crippen molar-refractivity contribution in [3.8, 4) is 11.4 Å². The third kappa shape index (κ3) is 3.11. The van der Waals surface area contributed by atoms with Crippen LogP contribution in [0.1, 0.15) is 10.5 Å². The molecule has 0 aliphatic carbocycles. The predicted molar refractivity (Wildman–Crippen MR) is 101 cm³/mol. The monoisotopic (exact) mass is 379 g/mol. The van der Waals surface area contributed by atoms with E-state index in [1.807, 2.05) is 24.3 Å². The number of aryl methyl sites for hydroxylation is 1. The second kappa shape index (κ2) is 6.99. The highest BCUT2D eigenvalue weighted by atomic mass is 16.5. The summed E-state index contributed by atoms with van der Waals surface area (Å²) in [6.45, 7) is 0. The maximum atomic E-state index is 11.8. The van der Waals surface area contributed by atoms with Crippen LogP contribution in [0.4, 0.5) is 11.6 Å². The molecule has 28 heavy (non-hydrogen) atoms. The second-order valence-corrected chi connectivity index (χ2v) is 5.94. The summed E-state index contributed by atoms with van der Waals surface area (Å²) in [7, 11) is 4.71. The smallest absolute Gasteiger partial charge is 0.354 e. The highest BCUT2D eigenvalue weighted by molar-refractivity contribution is 5.89. The van der Waals surface area contributed by atoms with Crippen LogP contribution in [0.5, 0.6) is 5.75 Å². The van der Waals surface area contributed by atoms with Crippen LogP contribution in [-0.2, 0) is 11.8 Å². The molecule has 3 heterocycles. The molecule has 10 nitrogen and oxygen atoms in total. The van der Waals surface area contributed by atoms with Gasteiger partial charge in [-0.25, -0.2) is 9.78 Å². The van der Waals surface area contributed by atoms with Crippen molar-refractivity contribution in [2.24, 2.45) is 7.05 Å². The zero-order valence-corrected chi connectivity index (χ0v) is 15.4. The Balaban J connectivity index is 1.67. The SMILES string of the molecule is COC(=O)c1cc(Nc2ncc3nnn(-c4ccc(OC)cc4)c3n2)cn1C. The first kappa shape index (κ1) is 17.5. The molecular weight excluding hydrogens is 362 g/mol. The van der Waals surface area contributed by atoms with Crippen LogP contribution >= 0.6 is 0 Å². The first-order valence-electron chi connectivity index (χ1n) is 8.33. The molecule has 0 saturated heterocycles. The van der Waals surface area contributed by atoms with E-state index in [4.69, 9.17) is 9.47 Å². The number of carbonyl (C=O) groups excluding carboxylic acids is 1. The Morgan fingerprint density at radius 1 is 1.18 bits per heavy atom. The Hall–Kier alpha value is -3.95. The topological polar surface area (TPSA) is 109 Å². The first-order valence-corrected chi connectivity index (χ1v) is 8.33. The van der Waals surface area contributed by atoms with Gasteiger partial charge in [0.05, 0.1) is 31.8 Å². The third-order valence-corrected chi connectivity index (χ3v) is 4.17. The van der Waals surface area contributed by atoms with Crippen LogP contribution in [0.3, 0.4) is 0 Å². The van der Waals surface area contributed by atoms with E-state index in [9.17, 15) is 4.79 Å². The summed E-state index contributed by atoms with van der Waals surface area (Å²) in [6.07, 6.45) is 3.33. The van der Waals surface area contributed by atoms with E-state index in [2.05, 4.69) is 25.6 Å². The molecule has 142 valence electrons. The van der Waals surface area contributed by atoms with E-state index in [-0.39, 0.29) is 0 Å². The number of nitrogens with one attached hydrogen (secondary N) is 1. The van der Waals surface area contributed by atoms with E-state index in [1.165, 1.54) is 7.11 Å². The summed E-state index contributed by atoms with van der Waals surface area (Å²) in [5, 5.41) is 11.3. The lowest BCUT2D eigenvalue weighted by Gasteiger charge is -2.05. The number of carbonyl (C=O) groups is 1. The maximum absolute atomic E-state index is 11.8. The van der Waals surface area contributed by atoms with Gasteiger partial charge < -0.3 is 19.4 Å². The Morgan fingerprint density at radius 3 is 2.68 bits per heavy atom. The Bertz CT molecular complexity index is 1150. The minimum Gasteiger partial charge on any atom is -0.497 e. The standard InChI is InChI=1S/C18H17N7O3/c1-24-10-11(8-15(24)17(26)28-3)20-18-19-9-14-16(21-18)25(23-22-14)12-4-6-13(27-2)7-5-12/h4-10H,1-3H3,(H,19,20,21). The lowest BCUT2D eigenvalue weighted by molar-refractivity contribution is 0.0590. The largest absolute Gasteiger partial charge is 0.497 e. The van der Waals surface area contributed by atoms with Crippen LogP contribution in [0, 0.1) is 0 Å². The van der Waals surface area contributed by atoms with Gasteiger partial charge in [0.15, 0.2) is 11.2 Å². The first-order chi connectivity index (χ1) is 13.6. The molecule has 0 saturated carbocycles. The fourth-order valence-corrected chi connectivity index (χ4v) is 2.76. The van der Waals surface area contributed by atoms with E-state index in [0.717, 1.165) is 11.4 Å². The lowest BCUT2D eigenvalue weighted by atomic mass is 10.3. The zero-order valence-electron chi connectivity index (χ0n) is 15.4. The van der Waals surface area contributed by atoms with Gasteiger partial charge in [-0.1, -0.05) is 5.21 Å². The number of anilines is 2. The maximum Gasteiger partial charge on any atom is 0.354 e. The van der Waals surface area contributed by atoms with Gasteiger partial charge in [-0.05, 0) is 30.3 Å². The summed E-state index contributed by atoms with van der Waals surface area (Å²) >= 11 is 0. The quantitative estimate of drug-likeness (QED) is 0.525. The van der Waals surface area contributed by atoms with Crippen molar-refractivity contribution in [3.05, 3.63) is 48.4 Å². The number of benzene rings is 1. The van der Waals surface area contributed by atoms with Crippen molar-refractivity contribution in [1.82, 2.24) is 29.5 Å². The average molecular weight is 379 g/mol. The molecule has 0 aliphatic rings. The summed E-state index contributed by atoms with van der Waals surface area (Å²) in [5.41, 5.74) is 2.97. The minimum absolute atomic E-state index is 0.353. The van der Waals surface area contributed by atoms with Gasteiger partial charge in [0.1, 0.15) is 11.4 Å². The fourth-order valence-electron chi connectivity index (χ4n) is 2.76. The highest BCUT2D eigenvalue weighted by Crippen LogP contribution is 2.21. The van der Waals surface area contributed by atoms with Gasteiger partial charge >= 0.3 is 5.97 Å². The number of hydrogen-bond donors (Lipinski definition) is 1. The van der Waals surface area contributed by atoms with Crippen LogP contribution in [0.25, 0.3) is 16.9 Å². The molecule has 10 heteroatoms. The number of nitrogens with zero attached hydrogens (tertiary/aromatic N) is 6. The van der Waals surface area contributed by atoms with Crippen molar-refractivity contribution >= 4 is 28.8 Å². The number of ether oxygens (including phenoxy) is 2. The molecule has 0 spiro atoms. The average Bonchev–Trinajstić information content (AvgIpc) is 3.30. The van der Waals surface area contributed by atoms with E-state index in [0.29, 0.717) is 28.5 Å². The molecule has 3 aromatic heterocycles. The molecule has 0 unspecified atom stereocenters. The molecule has 0 atom stereocenters. The molecule has 4 aromatic rings. The van der Waals surface area contributed by atoms with Gasteiger partial charge in [0.25, 0.3) is 0 Å². The summed E-state index contributed by atoms with van der Waals surface area (Å²) in [5.74, 6) is 0.677. The van der Waals surface area contributed by atoms with E-state index in [1.54, 1.807) is 41.9 Å². The summed E-state index contributed by atoms with van der Waals surface area (Å²) in [6, 6.07) is 9.06. The molecule has 0 radical (unpaired) electrons. The fraction of sp³-hybridized carbons (Fsp3) is 0.167. The van der Waals surface area contributed by atoms with Gasteiger partial charge in [-0.15, -0.1) is 5.10 Å². The van der Waals surface area contributed by atoms with Crippen molar-refractivity contribution in [1.29, 1.82) is 0 Å². The summed E-state index contributed by atoms with van der Waals surface area (Å²) < 4.78 is 13.2. The number of esters is 1. The van der Waals surface area contributed by atoms with E-state index < -0.39 is 5.97 Å². The van der Waals surface area contributed by atoms with Gasteiger partial charge in [-0.3, -0.25) is 0 Å². The van der Waals surface area contributed by atoms with Crippen LogP contribution in [0.15, 0.2) is 42.7 Å². The molecule has 1 N–H and O–H groups in total. The molecule has 4 rings (SSSR count). The second-order valence-electron chi connectivity index (χ2n) is 5.94. The van der Waals surface area contributed by atoms with Gasteiger partial charge in [0.2, 0.25) is 5.95 Å². The highest BCUT2D eigenvalue weighted by Gasteiger charge is 2.14. The number of aromatic nitrogens is 6. The normalized spacial score (nSPS) is 10.8. The number of hydrogen-bond acceptors (Lipinski definition) is 8. The molecule has 0 fully saturated rings. The molecule has 0 amide bonds. The Labute approximate surface area is 159 Å². The number of methoxy groups -OCH3 is 2. The van der Waals surface area contributed by atoms with Crippen molar-refractivity contribution in [3.63, 3.8) is 0 Å². The molecule has 0 aliphatic heterocycles. The van der Waals surface area contributed by atoms with Crippen molar-refractivity contribution in [2.75, 3.05) is 19.5 Å². The zero-order chi connectivity index (χ0) is 19.7. The predicted octanol–water partition coefficient (Wildman–Crippen LogP) is 2.09. The van der Waals surface area contributed by atoms with Gasteiger partial charge in [-0.2, -0.15) is 9.67 Å². The van der Waals surface area contributed by atoms with Crippen LogP contribution in [0.2, 0.25) is 0 Å². The third-order valence-electron chi connectivity index (χ3n) is 4.17. The summed E-state index contributed by atoms with van der Waals surface area (Å²) in [4.78, 5) is 20.5. The van der Waals surface area contributed by atoms with Crippen molar-refractivity contribution < 1.29 is 14.3 Å². The number of rotatable bonds is 5. The molecular formula is C18H17N7O3. The Kier molecular flexibility index (Phi) is 4.36.